The fraction of sp³-hybridized carbons (Fsp3) is 0.500. The molecule has 1 aliphatic rings. The maximum absolute atomic E-state index is 5.94. The lowest BCUT2D eigenvalue weighted by atomic mass is 10.1. The van der Waals surface area contributed by atoms with E-state index >= 15 is 0 Å². The third-order valence-electron chi connectivity index (χ3n) is 2.58. The maximum atomic E-state index is 5.94. The summed E-state index contributed by atoms with van der Waals surface area (Å²) in [5.41, 5.74) is 1.08. The molecule has 1 unspecified atom stereocenters. The molecule has 0 N–H and O–H groups in total. The van der Waals surface area contributed by atoms with Crippen LogP contribution in [0.5, 0.6) is 5.75 Å². The molecule has 1 aromatic rings. The van der Waals surface area contributed by atoms with Crippen LogP contribution in [0.3, 0.4) is 0 Å². The Morgan fingerprint density at radius 2 is 2.38 bits per heavy atom. The molecule has 16 heavy (non-hydrogen) atoms. The molecule has 4 heteroatoms. The van der Waals surface area contributed by atoms with Gasteiger partial charge in [0.05, 0.1) is 6.61 Å². The van der Waals surface area contributed by atoms with E-state index in [1.54, 1.807) is 0 Å². The first-order valence-corrected chi connectivity index (χ1v) is 6.88. The number of rotatable bonds is 3. The summed E-state index contributed by atoms with van der Waals surface area (Å²) in [6.45, 7) is 1.54. The standard InChI is InChI=1S/C12H14BrClO2/c13-7-9-6-10(14)3-4-12(9)16-11-2-1-5-15-8-11/h3-4,6,11H,1-2,5,7-8H2. The molecule has 1 atom stereocenters. The van der Waals surface area contributed by atoms with Gasteiger partial charge in [0, 0.05) is 22.5 Å². The van der Waals surface area contributed by atoms with Crippen molar-refractivity contribution in [1.82, 2.24) is 0 Å². The van der Waals surface area contributed by atoms with Crippen LogP contribution in [-0.4, -0.2) is 19.3 Å². The molecule has 1 fully saturated rings. The summed E-state index contributed by atoms with van der Waals surface area (Å²) in [5.74, 6) is 0.900. The molecule has 2 rings (SSSR count). The SMILES string of the molecule is Clc1ccc(OC2CCCOC2)c(CBr)c1. The molecule has 1 aliphatic heterocycles. The quantitative estimate of drug-likeness (QED) is 0.791. The summed E-state index contributed by atoms with van der Waals surface area (Å²) >= 11 is 9.37. The Morgan fingerprint density at radius 3 is 3.06 bits per heavy atom. The highest BCUT2D eigenvalue weighted by Crippen LogP contribution is 2.27. The van der Waals surface area contributed by atoms with Crippen molar-refractivity contribution < 1.29 is 9.47 Å². The van der Waals surface area contributed by atoms with Crippen LogP contribution < -0.4 is 4.74 Å². The fourth-order valence-corrected chi connectivity index (χ4v) is 2.38. The number of ether oxygens (including phenoxy) is 2. The Labute approximate surface area is 109 Å². The second-order valence-electron chi connectivity index (χ2n) is 3.84. The fourth-order valence-electron chi connectivity index (χ4n) is 1.75. The van der Waals surface area contributed by atoms with Crippen LogP contribution in [0.25, 0.3) is 0 Å². The van der Waals surface area contributed by atoms with E-state index in [2.05, 4.69) is 15.9 Å². The smallest absolute Gasteiger partial charge is 0.123 e. The molecule has 1 heterocycles. The van der Waals surface area contributed by atoms with Crippen molar-refractivity contribution in [2.45, 2.75) is 24.3 Å². The topological polar surface area (TPSA) is 18.5 Å². The third-order valence-corrected chi connectivity index (χ3v) is 3.42. The van der Waals surface area contributed by atoms with E-state index in [-0.39, 0.29) is 6.10 Å². The van der Waals surface area contributed by atoms with Gasteiger partial charge >= 0.3 is 0 Å². The van der Waals surface area contributed by atoms with E-state index in [9.17, 15) is 0 Å². The zero-order valence-corrected chi connectivity index (χ0v) is 11.3. The Morgan fingerprint density at radius 1 is 1.50 bits per heavy atom. The highest BCUT2D eigenvalue weighted by atomic mass is 79.9. The molecule has 0 bridgehead atoms. The van der Waals surface area contributed by atoms with Gasteiger partial charge in [-0.05, 0) is 31.0 Å². The number of benzene rings is 1. The zero-order chi connectivity index (χ0) is 11.4. The largest absolute Gasteiger partial charge is 0.488 e. The first kappa shape index (κ1) is 12.2. The predicted octanol–water partition coefficient (Wildman–Crippen LogP) is 3.79. The Kier molecular flexibility index (Phi) is 4.50. The lowest BCUT2D eigenvalue weighted by molar-refractivity contribution is 0.00714. The summed E-state index contributed by atoms with van der Waals surface area (Å²) in [4.78, 5) is 0. The van der Waals surface area contributed by atoms with Crippen LogP contribution in [0.15, 0.2) is 18.2 Å². The van der Waals surface area contributed by atoms with Gasteiger partial charge in [-0.2, -0.15) is 0 Å². The Balaban J connectivity index is 2.07. The molecular formula is C12H14BrClO2. The maximum Gasteiger partial charge on any atom is 0.123 e. The molecule has 0 saturated carbocycles. The van der Waals surface area contributed by atoms with E-state index in [1.165, 1.54) is 0 Å². The minimum atomic E-state index is 0.174. The van der Waals surface area contributed by atoms with Gasteiger partial charge in [0.15, 0.2) is 0 Å². The first-order valence-electron chi connectivity index (χ1n) is 5.38. The van der Waals surface area contributed by atoms with Gasteiger partial charge < -0.3 is 9.47 Å². The van der Waals surface area contributed by atoms with E-state index in [0.29, 0.717) is 6.61 Å². The predicted molar refractivity (Wildman–Crippen MR) is 68.6 cm³/mol. The van der Waals surface area contributed by atoms with Crippen molar-refractivity contribution in [1.29, 1.82) is 0 Å². The molecule has 0 radical (unpaired) electrons. The van der Waals surface area contributed by atoms with E-state index in [4.69, 9.17) is 21.1 Å². The average molecular weight is 306 g/mol. The van der Waals surface area contributed by atoms with Crippen LogP contribution >= 0.6 is 27.5 Å². The normalized spacial score (nSPS) is 20.8. The molecule has 1 aromatic carbocycles. The summed E-state index contributed by atoms with van der Waals surface area (Å²) in [5, 5.41) is 1.48. The summed E-state index contributed by atoms with van der Waals surface area (Å²) < 4.78 is 11.3. The van der Waals surface area contributed by atoms with Gasteiger partial charge in [0.25, 0.3) is 0 Å². The molecule has 0 aliphatic carbocycles. The van der Waals surface area contributed by atoms with Gasteiger partial charge in [0.1, 0.15) is 11.9 Å². The molecule has 2 nitrogen and oxygen atoms in total. The number of hydrogen-bond acceptors (Lipinski definition) is 2. The highest BCUT2D eigenvalue weighted by molar-refractivity contribution is 9.08. The zero-order valence-electron chi connectivity index (χ0n) is 8.92. The Bertz CT molecular complexity index is 351. The van der Waals surface area contributed by atoms with Crippen molar-refractivity contribution in [3.8, 4) is 5.75 Å². The van der Waals surface area contributed by atoms with Gasteiger partial charge in [-0.25, -0.2) is 0 Å². The lowest BCUT2D eigenvalue weighted by Gasteiger charge is -2.24. The second kappa shape index (κ2) is 5.89. The number of halogens is 2. The molecular weight excluding hydrogens is 291 g/mol. The van der Waals surface area contributed by atoms with Gasteiger partial charge in [0.2, 0.25) is 0 Å². The average Bonchev–Trinajstić information content (AvgIpc) is 2.33. The van der Waals surface area contributed by atoms with Crippen molar-refractivity contribution in [2.24, 2.45) is 0 Å². The first-order chi connectivity index (χ1) is 7.79. The summed E-state index contributed by atoms with van der Waals surface area (Å²) in [7, 11) is 0. The van der Waals surface area contributed by atoms with Crippen LogP contribution in [0.2, 0.25) is 5.02 Å². The van der Waals surface area contributed by atoms with Crippen LogP contribution in [-0.2, 0) is 10.1 Å². The third kappa shape index (κ3) is 3.12. The lowest BCUT2D eigenvalue weighted by Crippen LogP contribution is -2.28. The van der Waals surface area contributed by atoms with Crippen molar-refractivity contribution in [3.63, 3.8) is 0 Å². The van der Waals surface area contributed by atoms with Crippen molar-refractivity contribution in [3.05, 3.63) is 28.8 Å². The number of hydrogen-bond donors (Lipinski definition) is 0. The van der Waals surface area contributed by atoms with Gasteiger partial charge in [-0.3, -0.25) is 0 Å². The monoisotopic (exact) mass is 304 g/mol. The van der Waals surface area contributed by atoms with Gasteiger partial charge in [-0.15, -0.1) is 0 Å². The summed E-state index contributed by atoms with van der Waals surface area (Å²) in [6.07, 6.45) is 2.31. The van der Waals surface area contributed by atoms with Crippen LogP contribution in [0, 0.1) is 0 Å². The second-order valence-corrected chi connectivity index (χ2v) is 4.84. The molecule has 1 saturated heterocycles. The highest BCUT2D eigenvalue weighted by Gasteiger charge is 2.16. The van der Waals surface area contributed by atoms with E-state index < -0.39 is 0 Å². The number of alkyl halides is 1. The van der Waals surface area contributed by atoms with E-state index in [0.717, 1.165) is 41.1 Å². The summed E-state index contributed by atoms with van der Waals surface area (Å²) in [6, 6.07) is 5.70. The molecule has 0 amide bonds. The Hall–Kier alpha value is -0.250. The molecule has 0 spiro atoms. The van der Waals surface area contributed by atoms with Gasteiger partial charge in [-0.1, -0.05) is 27.5 Å². The van der Waals surface area contributed by atoms with Crippen LogP contribution in [0.1, 0.15) is 18.4 Å². The van der Waals surface area contributed by atoms with E-state index in [1.807, 2.05) is 18.2 Å². The molecule has 0 aromatic heterocycles. The van der Waals surface area contributed by atoms with Crippen LogP contribution in [0.4, 0.5) is 0 Å². The molecule has 88 valence electrons. The minimum absolute atomic E-state index is 0.174. The van der Waals surface area contributed by atoms with Crippen molar-refractivity contribution in [2.75, 3.05) is 13.2 Å². The minimum Gasteiger partial charge on any atom is -0.488 e. The van der Waals surface area contributed by atoms with Crippen molar-refractivity contribution >= 4 is 27.5 Å².